The molecule has 7 nitrogen and oxygen atoms in total. The number of aryl methyl sites for hydroxylation is 1. The quantitative estimate of drug-likeness (QED) is 0.499. The Morgan fingerprint density at radius 2 is 2.10 bits per heavy atom. The van der Waals surface area contributed by atoms with Crippen molar-refractivity contribution in [3.05, 3.63) is 47.4 Å². The number of aromatic nitrogens is 3. The van der Waals surface area contributed by atoms with E-state index in [1.165, 1.54) is 30.5 Å². The number of nitrogens with zero attached hydrogens (tertiary/aromatic N) is 3. The third-order valence-corrected chi connectivity index (χ3v) is 5.99. The van der Waals surface area contributed by atoms with Crippen LogP contribution < -0.4 is 16.0 Å². The van der Waals surface area contributed by atoms with Crippen molar-refractivity contribution in [2.75, 3.05) is 30.3 Å². The first-order chi connectivity index (χ1) is 14.6. The first-order valence-corrected chi connectivity index (χ1v) is 10.6. The highest BCUT2D eigenvalue weighted by Gasteiger charge is 2.28. The average molecular weight is 410 g/mol. The van der Waals surface area contributed by atoms with Crippen molar-refractivity contribution in [1.82, 2.24) is 19.9 Å². The molecule has 30 heavy (non-hydrogen) atoms. The van der Waals surface area contributed by atoms with E-state index in [1.807, 2.05) is 25.3 Å². The summed E-state index contributed by atoms with van der Waals surface area (Å²) in [5.41, 5.74) is 3.70. The van der Waals surface area contributed by atoms with Crippen molar-refractivity contribution in [3.8, 4) is 0 Å². The lowest BCUT2D eigenvalue weighted by molar-refractivity contribution is 0.0883. The highest BCUT2D eigenvalue weighted by atomic mass is 19.1. The predicted octanol–water partition coefficient (Wildman–Crippen LogP) is 3.18. The Labute approximate surface area is 174 Å². The lowest BCUT2D eigenvalue weighted by Crippen LogP contribution is -2.43. The van der Waals surface area contributed by atoms with E-state index >= 15 is 0 Å². The zero-order valence-electron chi connectivity index (χ0n) is 17.0. The summed E-state index contributed by atoms with van der Waals surface area (Å²) in [5, 5.41) is 24.6. The Morgan fingerprint density at radius 1 is 1.23 bits per heavy atom. The standard InChI is InChI=1S/C22H27FN6O/c1-13-6-16(23)8-17(7-13)27-22-28-21(25-10-15-4-5-24-12-20(15)30)9-19-18(14-2-3-14)11-26-29(19)22/h6-9,11,14-15,20,24-25,30H,2-5,10,12H2,1H3,(H,27,28)/t15-,20+/m0/s1. The molecular formula is C22H27FN6O. The van der Waals surface area contributed by atoms with Crippen LogP contribution in [0.25, 0.3) is 5.52 Å². The molecule has 0 bridgehead atoms. The van der Waals surface area contributed by atoms with Crippen LogP contribution in [0.5, 0.6) is 0 Å². The van der Waals surface area contributed by atoms with Gasteiger partial charge in [-0.2, -0.15) is 14.6 Å². The smallest absolute Gasteiger partial charge is 0.230 e. The molecule has 1 aliphatic carbocycles. The number of hydrogen-bond acceptors (Lipinski definition) is 6. The number of hydrogen-bond donors (Lipinski definition) is 4. The van der Waals surface area contributed by atoms with Gasteiger partial charge in [-0.15, -0.1) is 0 Å². The van der Waals surface area contributed by atoms with Crippen molar-refractivity contribution in [1.29, 1.82) is 0 Å². The second-order valence-corrected chi connectivity index (χ2v) is 8.48. The Morgan fingerprint density at radius 3 is 2.87 bits per heavy atom. The zero-order chi connectivity index (χ0) is 20.7. The van der Waals surface area contributed by atoms with Crippen molar-refractivity contribution < 1.29 is 9.50 Å². The molecule has 3 aromatic rings. The molecule has 1 aromatic carbocycles. The molecule has 158 valence electrons. The molecule has 0 amide bonds. The van der Waals surface area contributed by atoms with Crippen LogP contribution in [-0.4, -0.2) is 45.4 Å². The summed E-state index contributed by atoms with van der Waals surface area (Å²) < 4.78 is 15.7. The van der Waals surface area contributed by atoms with Crippen LogP contribution in [0, 0.1) is 18.7 Å². The van der Waals surface area contributed by atoms with Gasteiger partial charge in [-0.1, -0.05) is 0 Å². The second kappa shape index (κ2) is 7.85. The van der Waals surface area contributed by atoms with Crippen LogP contribution >= 0.6 is 0 Å². The number of halogens is 1. The molecule has 4 N–H and O–H groups in total. The van der Waals surface area contributed by atoms with Crippen molar-refractivity contribution in [3.63, 3.8) is 0 Å². The summed E-state index contributed by atoms with van der Waals surface area (Å²) in [6.07, 6.45) is 4.83. The van der Waals surface area contributed by atoms with E-state index in [1.54, 1.807) is 4.52 Å². The highest BCUT2D eigenvalue weighted by molar-refractivity contribution is 5.67. The Balaban J connectivity index is 1.47. The number of nitrogens with one attached hydrogen (secondary N) is 3. The average Bonchev–Trinajstić information content (AvgIpc) is 3.46. The molecular weight excluding hydrogens is 383 g/mol. The van der Waals surface area contributed by atoms with E-state index in [0.717, 1.165) is 29.9 Å². The van der Waals surface area contributed by atoms with Gasteiger partial charge in [0.25, 0.3) is 0 Å². The normalized spacial score (nSPS) is 21.7. The van der Waals surface area contributed by atoms with Crippen LogP contribution in [0.2, 0.25) is 0 Å². The van der Waals surface area contributed by atoms with Crippen molar-refractivity contribution in [2.24, 2.45) is 5.92 Å². The molecule has 0 radical (unpaired) electrons. The molecule has 1 aliphatic heterocycles. The number of rotatable bonds is 6. The fraction of sp³-hybridized carbons (Fsp3) is 0.455. The van der Waals surface area contributed by atoms with Gasteiger partial charge in [0.1, 0.15) is 11.6 Å². The van der Waals surface area contributed by atoms with Crippen molar-refractivity contribution in [2.45, 2.75) is 38.2 Å². The van der Waals surface area contributed by atoms with Gasteiger partial charge < -0.3 is 21.1 Å². The lowest BCUT2D eigenvalue weighted by Gasteiger charge is -2.28. The summed E-state index contributed by atoms with van der Waals surface area (Å²) in [5.74, 6) is 1.71. The zero-order valence-corrected chi connectivity index (χ0v) is 17.0. The van der Waals surface area contributed by atoms with Crippen LogP contribution in [0.4, 0.5) is 21.8 Å². The fourth-order valence-corrected chi connectivity index (χ4v) is 4.20. The van der Waals surface area contributed by atoms with Gasteiger partial charge >= 0.3 is 0 Å². The highest BCUT2D eigenvalue weighted by Crippen LogP contribution is 2.42. The van der Waals surface area contributed by atoms with Crippen LogP contribution in [0.3, 0.4) is 0 Å². The minimum absolute atomic E-state index is 0.180. The largest absolute Gasteiger partial charge is 0.391 e. The predicted molar refractivity (Wildman–Crippen MR) is 115 cm³/mol. The van der Waals surface area contributed by atoms with Gasteiger partial charge in [0, 0.05) is 36.3 Å². The molecule has 2 aromatic heterocycles. The van der Waals surface area contributed by atoms with Crippen molar-refractivity contribution >= 4 is 23.0 Å². The summed E-state index contributed by atoms with van der Waals surface area (Å²) in [4.78, 5) is 4.72. The molecule has 2 atom stereocenters. The third kappa shape index (κ3) is 3.97. The van der Waals surface area contributed by atoms with E-state index in [9.17, 15) is 9.50 Å². The lowest BCUT2D eigenvalue weighted by atomic mass is 9.95. The maximum absolute atomic E-state index is 13.9. The molecule has 0 spiro atoms. The first kappa shape index (κ1) is 19.3. The van der Waals surface area contributed by atoms with Gasteiger partial charge in [-0.05, 0) is 62.4 Å². The van der Waals surface area contributed by atoms with E-state index in [-0.39, 0.29) is 17.8 Å². The number of anilines is 3. The minimum atomic E-state index is -0.361. The summed E-state index contributed by atoms with van der Waals surface area (Å²) in [7, 11) is 0. The summed E-state index contributed by atoms with van der Waals surface area (Å²) in [6.45, 7) is 4.05. The Bertz CT molecular complexity index is 1040. The Kier molecular flexibility index (Phi) is 5.04. The van der Waals surface area contributed by atoms with E-state index in [0.29, 0.717) is 30.6 Å². The fourth-order valence-electron chi connectivity index (χ4n) is 4.20. The first-order valence-electron chi connectivity index (χ1n) is 10.6. The number of β-amino-alcohol motifs (C(OH)–C–C–N with tert-alkyl or cyclic N) is 1. The van der Waals surface area contributed by atoms with E-state index in [2.05, 4.69) is 21.0 Å². The van der Waals surface area contributed by atoms with Crippen LogP contribution in [0.15, 0.2) is 30.5 Å². The third-order valence-electron chi connectivity index (χ3n) is 5.99. The maximum Gasteiger partial charge on any atom is 0.230 e. The minimum Gasteiger partial charge on any atom is -0.391 e. The molecule has 1 saturated heterocycles. The molecule has 0 unspecified atom stereocenters. The topological polar surface area (TPSA) is 86.5 Å². The summed E-state index contributed by atoms with van der Waals surface area (Å²) >= 11 is 0. The van der Waals surface area contributed by atoms with Gasteiger partial charge in [0.05, 0.1) is 17.8 Å². The Hall–Kier alpha value is -2.71. The number of aliphatic hydroxyl groups excluding tert-OH is 1. The summed E-state index contributed by atoms with van der Waals surface area (Å²) in [6, 6.07) is 6.86. The maximum atomic E-state index is 13.9. The van der Waals surface area contributed by atoms with Gasteiger partial charge in [-0.25, -0.2) is 4.39 Å². The van der Waals surface area contributed by atoms with Crippen LogP contribution in [-0.2, 0) is 0 Å². The SMILES string of the molecule is Cc1cc(F)cc(Nc2nc(NC[C@@H]3CCNC[C@H]3O)cc3c(C4CC4)cnn23)c1. The molecule has 1 saturated carbocycles. The number of aliphatic hydroxyl groups is 1. The number of fused-ring (bicyclic) bond motifs is 1. The molecule has 2 fully saturated rings. The van der Waals surface area contributed by atoms with E-state index in [4.69, 9.17) is 4.98 Å². The van der Waals surface area contributed by atoms with Crippen LogP contribution in [0.1, 0.15) is 36.3 Å². The molecule has 8 heteroatoms. The van der Waals surface area contributed by atoms with Gasteiger partial charge in [0.15, 0.2) is 0 Å². The second-order valence-electron chi connectivity index (χ2n) is 8.48. The number of piperidine rings is 1. The van der Waals surface area contributed by atoms with Gasteiger partial charge in [-0.3, -0.25) is 0 Å². The van der Waals surface area contributed by atoms with Gasteiger partial charge in [0.2, 0.25) is 5.95 Å². The molecule has 3 heterocycles. The monoisotopic (exact) mass is 410 g/mol. The van der Waals surface area contributed by atoms with E-state index < -0.39 is 0 Å². The molecule has 2 aliphatic rings. The molecule has 5 rings (SSSR count). The number of benzene rings is 1.